The van der Waals surface area contributed by atoms with Gasteiger partial charge in [0.05, 0.1) is 31.5 Å². The van der Waals surface area contributed by atoms with Gasteiger partial charge in [-0.05, 0) is 0 Å². The molecule has 6 heteroatoms. The van der Waals surface area contributed by atoms with Crippen LogP contribution in [-0.2, 0) is 4.74 Å². The lowest BCUT2D eigenvalue weighted by atomic mass is 10.4. The third-order valence-corrected chi connectivity index (χ3v) is 2.02. The average molecular weight is 221 g/mol. The smallest absolute Gasteiger partial charge is 0.149 e. The second-order valence-corrected chi connectivity index (χ2v) is 3.19. The first kappa shape index (κ1) is 12.2. The van der Waals surface area contributed by atoms with Crippen LogP contribution in [0.2, 0.25) is 0 Å². The van der Waals surface area contributed by atoms with Gasteiger partial charge in [-0.15, -0.1) is 0 Å². The van der Waals surface area contributed by atoms with Crippen molar-refractivity contribution in [3.8, 4) is 6.07 Å². The van der Waals surface area contributed by atoms with Crippen molar-refractivity contribution >= 4 is 11.6 Å². The number of aromatic nitrogens is 2. The van der Waals surface area contributed by atoms with Crippen molar-refractivity contribution in [1.82, 2.24) is 9.97 Å². The van der Waals surface area contributed by atoms with Gasteiger partial charge in [0.15, 0.2) is 0 Å². The lowest BCUT2D eigenvalue weighted by Gasteiger charge is -2.21. The van der Waals surface area contributed by atoms with Crippen molar-refractivity contribution in [3.05, 3.63) is 12.4 Å². The first-order valence-corrected chi connectivity index (χ1v) is 4.96. The van der Waals surface area contributed by atoms with Crippen LogP contribution in [0.25, 0.3) is 0 Å². The minimum atomic E-state index is 0.372. The summed E-state index contributed by atoms with van der Waals surface area (Å²) >= 11 is 0. The molecule has 16 heavy (non-hydrogen) atoms. The van der Waals surface area contributed by atoms with E-state index in [0.717, 1.165) is 0 Å². The van der Waals surface area contributed by atoms with Gasteiger partial charge in [0.1, 0.15) is 11.6 Å². The molecule has 0 amide bonds. The number of nitriles is 1. The van der Waals surface area contributed by atoms with Gasteiger partial charge in [-0.25, -0.2) is 4.98 Å². The second kappa shape index (κ2) is 6.58. The predicted molar refractivity (Wildman–Crippen MR) is 60.8 cm³/mol. The maximum absolute atomic E-state index is 8.57. The number of rotatable bonds is 6. The molecule has 0 saturated carbocycles. The third kappa shape index (κ3) is 3.71. The highest BCUT2D eigenvalue weighted by Gasteiger charge is 2.07. The van der Waals surface area contributed by atoms with E-state index in [1.54, 1.807) is 13.3 Å². The Morgan fingerprint density at radius 1 is 1.50 bits per heavy atom. The lowest BCUT2D eigenvalue weighted by molar-refractivity contribution is 0.205. The van der Waals surface area contributed by atoms with E-state index in [4.69, 9.17) is 15.7 Å². The van der Waals surface area contributed by atoms with E-state index in [-0.39, 0.29) is 0 Å². The standard InChI is InChI=1S/C10H15N5O/c1-16-6-5-15(4-2-3-11)10-8-13-7-9(12)14-10/h7-8H,2,4-6H2,1H3,(H2,12,14). The van der Waals surface area contributed by atoms with E-state index in [9.17, 15) is 0 Å². The van der Waals surface area contributed by atoms with E-state index in [2.05, 4.69) is 16.0 Å². The molecule has 0 fully saturated rings. The average Bonchev–Trinajstić information content (AvgIpc) is 2.29. The monoisotopic (exact) mass is 221 g/mol. The number of nitrogens with two attached hydrogens (primary N) is 1. The zero-order chi connectivity index (χ0) is 11.8. The molecule has 0 aromatic carbocycles. The number of methoxy groups -OCH3 is 1. The molecule has 0 aliphatic heterocycles. The first-order chi connectivity index (χ1) is 7.77. The van der Waals surface area contributed by atoms with Crippen molar-refractivity contribution in [2.24, 2.45) is 0 Å². The van der Waals surface area contributed by atoms with Gasteiger partial charge in [-0.1, -0.05) is 0 Å². The highest BCUT2D eigenvalue weighted by Crippen LogP contribution is 2.10. The molecule has 0 bridgehead atoms. The molecule has 0 unspecified atom stereocenters. The van der Waals surface area contributed by atoms with Gasteiger partial charge >= 0.3 is 0 Å². The van der Waals surface area contributed by atoms with Gasteiger partial charge in [0.2, 0.25) is 0 Å². The molecule has 86 valence electrons. The maximum atomic E-state index is 8.57. The van der Waals surface area contributed by atoms with Gasteiger partial charge in [-0.2, -0.15) is 5.26 Å². The number of ether oxygens (including phenoxy) is 1. The van der Waals surface area contributed by atoms with Crippen LogP contribution in [0.3, 0.4) is 0 Å². The van der Waals surface area contributed by atoms with Gasteiger partial charge in [0.25, 0.3) is 0 Å². The van der Waals surface area contributed by atoms with Gasteiger partial charge in [-0.3, -0.25) is 4.98 Å². The minimum absolute atomic E-state index is 0.372. The largest absolute Gasteiger partial charge is 0.383 e. The summed E-state index contributed by atoms with van der Waals surface area (Å²) in [4.78, 5) is 10.1. The Morgan fingerprint density at radius 2 is 2.31 bits per heavy atom. The molecule has 1 heterocycles. The summed E-state index contributed by atoms with van der Waals surface area (Å²) in [5.41, 5.74) is 5.56. The lowest BCUT2D eigenvalue weighted by Crippen LogP contribution is -2.29. The Balaban J connectivity index is 2.70. The summed E-state index contributed by atoms with van der Waals surface area (Å²) in [6.07, 6.45) is 3.55. The molecule has 1 rings (SSSR count). The molecule has 2 N–H and O–H groups in total. The summed E-state index contributed by atoms with van der Waals surface area (Å²) in [5.74, 6) is 1.05. The predicted octanol–water partition coefficient (Wildman–Crippen LogP) is 0.425. The summed E-state index contributed by atoms with van der Waals surface area (Å²) in [6.45, 7) is 1.83. The van der Waals surface area contributed by atoms with Crippen LogP contribution in [0.15, 0.2) is 12.4 Å². The van der Waals surface area contributed by atoms with Crippen molar-refractivity contribution in [1.29, 1.82) is 5.26 Å². The van der Waals surface area contributed by atoms with E-state index >= 15 is 0 Å². The van der Waals surface area contributed by atoms with Crippen molar-refractivity contribution < 1.29 is 4.74 Å². The number of hydrogen-bond acceptors (Lipinski definition) is 6. The number of hydrogen-bond donors (Lipinski definition) is 1. The minimum Gasteiger partial charge on any atom is -0.383 e. The third-order valence-electron chi connectivity index (χ3n) is 2.02. The molecule has 0 saturated heterocycles. The molecular weight excluding hydrogens is 206 g/mol. The maximum Gasteiger partial charge on any atom is 0.149 e. The van der Waals surface area contributed by atoms with Crippen molar-refractivity contribution in [3.63, 3.8) is 0 Å². The quantitative estimate of drug-likeness (QED) is 0.749. The molecule has 1 aromatic rings. The Kier molecular flexibility index (Phi) is 5.02. The summed E-state index contributed by atoms with van der Waals surface area (Å²) in [5, 5.41) is 8.57. The van der Waals surface area contributed by atoms with Gasteiger partial charge < -0.3 is 15.4 Å². The number of nitrogens with zero attached hydrogens (tertiary/aromatic N) is 4. The van der Waals surface area contributed by atoms with Crippen LogP contribution < -0.4 is 10.6 Å². The number of anilines is 2. The van der Waals surface area contributed by atoms with Crippen LogP contribution in [0, 0.1) is 11.3 Å². The summed E-state index contributed by atoms with van der Waals surface area (Å²) in [7, 11) is 1.63. The fourth-order valence-electron chi connectivity index (χ4n) is 1.25. The molecule has 0 spiro atoms. The Morgan fingerprint density at radius 3 is 2.94 bits per heavy atom. The second-order valence-electron chi connectivity index (χ2n) is 3.19. The fraction of sp³-hybridized carbons (Fsp3) is 0.500. The van der Waals surface area contributed by atoms with E-state index in [0.29, 0.717) is 37.8 Å². The first-order valence-electron chi connectivity index (χ1n) is 4.96. The van der Waals surface area contributed by atoms with Crippen LogP contribution in [-0.4, -0.2) is 36.8 Å². The Bertz CT molecular complexity index is 362. The van der Waals surface area contributed by atoms with Crippen LogP contribution >= 0.6 is 0 Å². The van der Waals surface area contributed by atoms with Crippen LogP contribution in [0.5, 0.6) is 0 Å². The zero-order valence-corrected chi connectivity index (χ0v) is 9.26. The normalized spacial score (nSPS) is 9.75. The molecule has 0 atom stereocenters. The summed E-state index contributed by atoms with van der Waals surface area (Å²) in [6, 6.07) is 2.10. The molecule has 6 nitrogen and oxygen atoms in total. The van der Waals surface area contributed by atoms with E-state index < -0.39 is 0 Å². The molecular formula is C10H15N5O. The van der Waals surface area contributed by atoms with Gasteiger partial charge in [0, 0.05) is 20.2 Å². The molecule has 0 aliphatic rings. The zero-order valence-electron chi connectivity index (χ0n) is 9.26. The van der Waals surface area contributed by atoms with E-state index in [1.165, 1.54) is 6.20 Å². The fourth-order valence-corrected chi connectivity index (χ4v) is 1.25. The molecule has 0 aliphatic carbocycles. The van der Waals surface area contributed by atoms with E-state index in [1.807, 2.05) is 4.90 Å². The Labute approximate surface area is 94.7 Å². The summed E-state index contributed by atoms with van der Waals surface area (Å²) < 4.78 is 5.00. The van der Waals surface area contributed by atoms with Crippen molar-refractivity contribution in [2.45, 2.75) is 6.42 Å². The number of nitrogen functional groups attached to an aromatic ring is 1. The van der Waals surface area contributed by atoms with Crippen molar-refractivity contribution in [2.75, 3.05) is 37.4 Å². The van der Waals surface area contributed by atoms with Crippen LogP contribution in [0.1, 0.15) is 6.42 Å². The molecule has 0 radical (unpaired) electrons. The Hall–Kier alpha value is -1.87. The van der Waals surface area contributed by atoms with Crippen LogP contribution in [0.4, 0.5) is 11.6 Å². The SMILES string of the molecule is COCCN(CCC#N)c1cncc(N)n1. The molecule has 1 aromatic heterocycles. The highest BCUT2D eigenvalue weighted by molar-refractivity contribution is 5.41. The topological polar surface area (TPSA) is 88.1 Å². The highest BCUT2D eigenvalue weighted by atomic mass is 16.5.